The molecule has 2 aliphatic rings. The number of hydrogen-bond donors (Lipinski definition) is 1. The second-order valence-corrected chi connectivity index (χ2v) is 7.21. The van der Waals surface area contributed by atoms with Crippen molar-refractivity contribution in [2.75, 3.05) is 19.3 Å². The van der Waals surface area contributed by atoms with Crippen molar-refractivity contribution in [3.05, 3.63) is 29.8 Å². The van der Waals surface area contributed by atoms with Gasteiger partial charge in [-0.1, -0.05) is 43.9 Å². The van der Waals surface area contributed by atoms with E-state index in [4.69, 9.17) is 0 Å². The Hall–Kier alpha value is -0.470. The van der Waals surface area contributed by atoms with Gasteiger partial charge in [-0.25, -0.2) is 0 Å². The summed E-state index contributed by atoms with van der Waals surface area (Å²) in [5.41, 5.74) is 1.62. The monoisotopic (exact) mass is 275 g/mol. The van der Waals surface area contributed by atoms with Gasteiger partial charge in [0.1, 0.15) is 0 Å². The van der Waals surface area contributed by atoms with Gasteiger partial charge in [-0.15, -0.1) is 11.8 Å². The van der Waals surface area contributed by atoms with Gasteiger partial charge >= 0.3 is 0 Å². The van der Waals surface area contributed by atoms with E-state index in [2.05, 4.69) is 48.4 Å². The van der Waals surface area contributed by atoms with Crippen molar-refractivity contribution in [2.45, 2.75) is 42.9 Å². The lowest BCUT2D eigenvalue weighted by Crippen LogP contribution is -2.26. The van der Waals surface area contributed by atoms with E-state index >= 15 is 0 Å². The quantitative estimate of drug-likeness (QED) is 0.860. The molecule has 0 amide bonds. The van der Waals surface area contributed by atoms with E-state index in [0.717, 1.165) is 17.8 Å². The third-order valence-corrected chi connectivity index (χ3v) is 6.17. The highest BCUT2D eigenvalue weighted by atomic mass is 32.2. The van der Waals surface area contributed by atoms with Crippen LogP contribution < -0.4 is 5.32 Å². The second kappa shape index (κ2) is 6.32. The Kier molecular flexibility index (Phi) is 4.49. The van der Waals surface area contributed by atoms with E-state index in [1.54, 1.807) is 5.56 Å². The Balaban J connectivity index is 1.69. The zero-order valence-corrected chi connectivity index (χ0v) is 12.7. The molecule has 1 aliphatic heterocycles. The molecule has 1 aromatic carbocycles. The maximum atomic E-state index is 3.44. The fourth-order valence-electron chi connectivity index (χ4n) is 3.92. The molecule has 1 N–H and O–H groups in total. The summed E-state index contributed by atoms with van der Waals surface area (Å²) in [7, 11) is 2.11. The van der Waals surface area contributed by atoms with Crippen molar-refractivity contribution in [3.8, 4) is 0 Å². The SMILES string of the molecule is CNCC(CC1CSc2ccccc21)C1CCCC1. The van der Waals surface area contributed by atoms with Crippen LogP contribution in [0.3, 0.4) is 0 Å². The molecule has 0 radical (unpaired) electrons. The molecular weight excluding hydrogens is 250 g/mol. The Labute approximate surface area is 121 Å². The summed E-state index contributed by atoms with van der Waals surface area (Å²) in [6, 6.07) is 9.03. The van der Waals surface area contributed by atoms with Crippen LogP contribution >= 0.6 is 11.8 Å². The lowest BCUT2D eigenvalue weighted by atomic mass is 9.81. The van der Waals surface area contributed by atoms with Gasteiger partial charge in [-0.2, -0.15) is 0 Å². The standard InChI is InChI=1S/C17H25NS/c1-18-11-14(13-6-2-3-7-13)10-15-12-19-17-9-5-4-8-16(15)17/h4-5,8-9,13-15,18H,2-3,6-7,10-12H2,1H3. The minimum atomic E-state index is 0.792. The molecule has 1 heterocycles. The third-order valence-electron chi connectivity index (χ3n) is 4.92. The first-order chi connectivity index (χ1) is 9.38. The summed E-state index contributed by atoms with van der Waals surface area (Å²) >= 11 is 2.06. The summed E-state index contributed by atoms with van der Waals surface area (Å²) in [6.45, 7) is 1.20. The number of hydrogen-bond acceptors (Lipinski definition) is 2. The van der Waals surface area contributed by atoms with Gasteiger partial charge in [0.2, 0.25) is 0 Å². The normalized spacial score (nSPS) is 24.6. The van der Waals surface area contributed by atoms with E-state index < -0.39 is 0 Å². The van der Waals surface area contributed by atoms with Gasteiger partial charge < -0.3 is 5.32 Å². The summed E-state index contributed by atoms with van der Waals surface area (Å²) in [6.07, 6.45) is 7.24. The van der Waals surface area contributed by atoms with Crippen LogP contribution in [-0.4, -0.2) is 19.3 Å². The number of thioether (sulfide) groups is 1. The second-order valence-electron chi connectivity index (χ2n) is 6.14. The van der Waals surface area contributed by atoms with E-state index in [1.165, 1.54) is 49.3 Å². The van der Waals surface area contributed by atoms with Gasteiger partial charge in [0.25, 0.3) is 0 Å². The van der Waals surface area contributed by atoms with Crippen LogP contribution in [0, 0.1) is 11.8 Å². The predicted octanol–water partition coefficient (Wildman–Crippen LogP) is 4.29. The highest BCUT2D eigenvalue weighted by Crippen LogP contribution is 2.44. The molecule has 104 valence electrons. The van der Waals surface area contributed by atoms with Crippen molar-refractivity contribution in [3.63, 3.8) is 0 Å². The van der Waals surface area contributed by atoms with Crippen LogP contribution in [0.2, 0.25) is 0 Å². The van der Waals surface area contributed by atoms with E-state index in [9.17, 15) is 0 Å². The van der Waals surface area contributed by atoms with Crippen LogP contribution in [-0.2, 0) is 0 Å². The number of rotatable bonds is 5. The molecule has 19 heavy (non-hydrogen) atoms. The van der Waals surface area contributed by atoms with Gasteiger partial charge in [0, 0.05) is 10.6 Å². The molecule has 2 heteroatoms. The van der Waals surface area contributed by atoms with Crippen LogP contribution in [0.4, 0.5) is 0 Å². The highest BCUT2D eigenvalue weighted by molar-refractivity contribution is 7.99. The molecule has 0 bridgehead atoms. The van der Waals surface area contributed by atoms with Gasteiger partial charge in [0.15, 0.2) is 0 Å². The third kappa shape index (κ3) is 3.00. The predicted molar refractivity (Wildman–Crippen MR) is 83.9 cm³/mol. The zero-order valence-electron chi connectivity index (χ0n) is 11.9. The molecular formula is C17H25NS. The Bertz CT molecular complexity index is 411. The van der Waals surface area contributed by atoms with E-state index in [1.807, 2.05) is 0 Å². The van der Waals surface area contributed by atoms with Crippen molar-refractivity contribution in [1.82, 2.24) is 5.32 Å². The van der Waals surface area contributed by atoms with Gasteiger partial charge in [-0.05, 0) is 49.4 Å². The average Bonchev–Trinajstić information content (AvgIpc) is 3.08. The molecule has 1 aromatic rings. The number of nitrogens with one attached hydrogen (secondary N) is 1. The largest absolute Gasteiger partial charge is 0.319 e. The van der Waals surface area contributed by atoms with Crippen molar-refractivity contribution >= 4 is 11.8 Å². The van der Waals surface area contributed by atoms with Gasteiger partial charge in [0.05, 0.1) is 0 Å². The minimum absolute atomic E-state index is 0.792. The smallest absolute Gasteiger partial charge is 0.0107 e. The van der Waals surface area contributed by atoms with E-state index in [-0.39, 0.29) is 0 Å². The fraction of sp³-hybridized carbons (Fsp3) is 0.647. The summed E-state index contributed by atoms with van der Waals surface area (Å²) < 4.78 is 0. The first-order valence-corrected chi connectivity index (χ1v) is 8.73. The van der Waals surface area contributed by atoms with Crippen molar-refractivity contribution in [2.24, 2.45) is 11.8 Å². The van der Waals surface area contributed by atoms with Crippen LogP contribution in [0.25, 0.3) is 0 Å². The first-order valence-electron chi connectivity index (χ1n) is 7.75. The lowest BCUT2D eigenvalue weighted by Gasteiger charge is -2.26. The van der Waals surface area contributed by atoms with E-state index in [0.29, 0.717) is 0 Å². The molecule has 1 saturated carbocycles. The molecule has 0 aromatic heterocycles. The molecule has 2 atom stereocenters. The molecule has 0 spiro atoms. The lowest BCUT2D eigenvalue weighted by molar-refractivity contribution is 0.297. The number of fused-ring (bicyclic) bond motifs is 1. The Morgan fingerprint density at radius 1 is 1.26 bits per heavy atom. The maximum Gasteiger partial charge on any atom is 0.0107 e. The maximum absolute atomic E-state index is 3.44. The summed E-state index contributed by atoms with van der Waals surface area (Å²) in [5, 5.41) is 3.44. The molecule has 1 fully saturated rings. The Morgan fingerprint density at radius 3 is 2.84 bits per heavy atom. The van der Waals surface area contributed by atoms with Crippen LogP contribution in [0.1, 0.15) is 43.6 Å². The summed E-state index contributed by atoms with van der Waals surface area (Å²) in [5.74, 6) is 3.95. The first kappa shape index (κ1) is 13.5. The molecule has 1 nitrogen and oxygen atoms in total. The molecule has 1 aliphatic carbocycles. The molecule has 0 saturated heterocycles. The molecule has 2 unspecified atom stereocenters. The highest BCUT2D eigenvalue weighted by Gasteiger charge is 2.30. The molecule has 3 rings (SSSR count). The average molecular weight is 275 g/mol. The summed E-state index contributed by atoms with van der Waals surface area (Å²) in [4.78, 5) is 1.53. The zero-order chi connectivity index (χ0) is 13.1. The number of benzene rings is 1. The van der Waals surface area contributed by atoms with Crippen LogP contribution in [0.5, 0.6) is 0 Å². The fourth-order valence-corrected chi connectivity index (χ4v) is 5.20. The van der Waals surface area contributed by atoms with Gasteiger partial charge in [-0.3, -0.25) is 0 Å². The topological polar surface area (TPSA) is 12.0 Å². The Morgan fingerprint density at radius 2 is 2.05 bits per heavy atom. The van der Waals surface area contributed by atoms with Crippen molar-refractivity contribution < 1.29 is 0 Å². The minimum Gasteiger partial charge on any atom is -0.319 e. The van der Waals surface area contributed by atoms with Crippen LogP contribution in [0.15, 0.2) is 29.2 Å². The van der Waals surface area contributed by atoms with Crippen molar-refractivity contribution in [1.29, 1.82) is 0 Å².